The van der Waals surface area contributed by atoms with Crippen LogP contribution in [0.3, 0.4) is 0 Å². The number of fused-ring (bicyclic) bond motifs is 1. The number of carbonyl (C=O) groups excluding carboxylic acids is 1. The third kappa shape index (κ3) is 4.42. The van der Waals surface area contributed by atoms with Crippen molar-refractivity contribution in [3.05, 3.63) is 82.6 Å². The number of benzene rings is 3. The van der Waals surface area contributed by atoms with Gasteiger partial charge in [-0.25, -0.2) is 9.18 Å². The average Bonchev–Trinajstić information content (AvgIpc) is 2.70. The molecule has 29 heavy (non-hydrogen) atoms. The fraction of sp³-hybridized carbons (Fsp3) is 0.174. The Kier molecular flexibility index (Phi) is 5.51. The zero-order valence-electron chi connectivity index (χ0n) is 15.6. The van der Waals surface area contributed by atoms with Gasteiger partial charge in [-0.1, -0.05) is 41.9 Å². The maximum absolute atomic E-state index is 13.8. The van der Waals surface area contributed by atoms with Crippen LogP contribution in [0.5, 0.6) is 0 Å². The molecule has 3 aromatic rings. The van der Waals surface area contributed by atoms with E-state index in [1.807, 2.05) is 24.3 Å². The summed E-state index contributed by atoms with van der Waals surface area (Å²) < 4.78 is 13.8. The molecule has 0 radical (unpaired) electrons. The lowest BCUT2D eigenvalue weighted by atomic mass is 9.88. The number of nitrogens with one attached hydrogen (secondary N) is 2. The number of anilines is 2. The van der Waals surface area contributed by atoms with Crippen LogP contribution < -0.4 is 10.6 Å². The molecule has 1 atom stereocenters. The van der Waals surface area contributed by atoms with Gasteiger partial charge in [0.2, 0.25) is 0 Å². The molecule has 1 unspecified atom stereocenters. The summed E-state index contributed by atoms with van der Waals surface area (Å²) in [5.74, 6) is -0.490. The molecule has 4 rings (SSSR count). The van der Waals surface area contributed by atoms with Gasteiger partial charge in [0.25, 0.3) is 0 Å². The molecule has 0 saturated heterocycles. The zero-order chi connectivity index (χ0) is 20.4. The second kappa shape index (κ2) is 8.23. The molecule has 1 aliphatic rings. The van der Waals surface area contributed by atoms with Crippen molar-refractivity contribution in [1.29, 1.82) is 0 Å². The molecular formula is C23H20ClFN2O2. The third-order valence-electron chi connectivity index (χ3n) is 5.08. The normalized spacial score (nSPS) is 15.5. The highest BCUT2D eigenvalue weighted by molar-refractivity contribution is 6.30. The lowest BCUT2D eigenvalue weighted by Gasteiger charge is -2.23. The summed E-state index contributed by atoms with van der Waals surface area (Å²) >= 11 is 5.75. The quantitative estimate of drug-likeness (QED) is 0.523. The highest BCUT2D eigenvalue weighted by Crippen LogP contribution is 2.29. The van der Waals surface area contributed by atoms with Gasteiger partial charge in [-0.05, 0) is 65.4 Å². The van der Waals surface area contributed by atoms with E-state index in [0.29, 0.717) is 23.4 Å². The average molecular weight is 411 g/mol. The van der Waals surface area contributed by atoms with Crippen LogP contribution in [0.15, 0.2) is 60.7 Å². The van der Waals surface area contributed by atoms with Crippen molar-refractivity contribution in [3.63, 3.8) is 0 Å². The predicted molar refractivity (Wildman–Crippen MR) is 114 cm³/mol. The SMILES string of the molecule is O=C(Nc1cccc(-c2ccc(Cl)c(F)c2)c1)Nc1cccc2c1CC(O)CC2. The summed E-state index contributed by atoms with van der Waals surface area (Å²) in [5.41, 5.74) is 4.85. The Labute approximate surface area is 173 Å². The maximum atomic E-state index is 13.8. The van der Waals surface area contributed by atoms with Crippen LogP contribution in [-0.2, 0) is 12.8 Å². The summed E-state index contributed by atoms with van der Waals surface area (Å²) in [6.07, 6.45) is 1.68. The number of amides is 2. The van der Waals surface area contributed by atoms with Crippen molar-refractivity contribution in [2.24, 2.45) is 0 Å². The Morgan fingerprint density at radius 3 is 2.66 bits per heavy atom. The highest BCUT2D eigenvalue weighted by atomic mass is 35.5. The van der Waals surface area contributed by atoms with Crippen molar-refractivity contribution in [3.8, 4) is 11.1 Å². The molecule has 0 saturated carbocycles. The number of hydrogen-bond acceptors (Lipinski definition) is 2. The van der Waals surface area contributed by atoms with Gasteiger partial charge < -0.3 is 15.7 Å². The fourth-order valence-corrected chi connectivity index (χ4v) is 3.74. The molecule has 0 aliphatic heterocycles. The summed E-state index contributed by atoms with van der Waals surface area (Å²) in [4.78, 5) is 12.5. The number of aliphatic hydroxyl groups is 1. The van der Waals surface area contributed by atoms with Gasteiger partial charge in [0.1, 0.15) is 5.82 Å². The van der Waals surface area contributed by atoms with E-state index >= 15 is 0 Å². The van der Waals surface area contributed by atoms with E-state index in [1.54, 1.807) is 24.3 Å². The molecule has 4 nitrogen and oxygen atoms in total. The number of hydrogen-bond donors (Lipinski definition) is 3. The molecule has 2 amide bonds. The highest BCUT2D eigenvalue weighted by Gasteiger charge is 2.20. The van der Waals surface area contributed by atoms with Crippen LogP contribution >= 0.6 is 11.6 Å². The van der Waals surface area contributed by atoms with Crippen molar-refractivity contribution >= 4 is 29.0 Å². The first kappa shape index (κ1) is 19.4. The van der Waals surface area contributed by atoms with Crippen molar-refractivity contribution in [2.75, 3.05) is 10.6 Å². The van der Waals surface area contributed by atoms with Gasteiger partial charge >= 0.3 is 6.03 Å². The molecule has 1 aliphatic carbocycles. The monoisotopic (exact) mass is 410 g/mol. The summed E-state index contributed by atoms with van der Waals surface area (Å²) in [6.45, 7) is 0. The Bertz CT molecular complexity index is 1070. The fourth-order valence-electron chi connectivity index (χ4n) is 3.62. The van der Waals surface area contributed by atoms with Crippen molar-refractivity contribution < 1.29 is 14.3 Å². The number of halogens is 2. The van der Waals surface area contributed by atoms with Crippen LogP contribution in [0.2, 0.25) is 5.02 Å². The summed E-state index contributed by atoms with van der Waals surface area (Å²) in [6, 6.07) is 17.1. The van der Waals surface area contributed by atoms with Gasteiger partial charge in [-0.2, -0.15) is 0 Å². The Hall–Kier alpha value is -2.89. The van der Waals surface area contributed by atoms with Gasteiger partial charge in [0.05, 0.1) is 11.1 Å². The molecule has 0 aromatic heterocycles. The predicted octanol–water partition coefficient (Wildman–Crippen LogP) is 5.64. The number of carbonyl (C=O) groups is 1. The number of urea groups is 1. The first-order chi connectivity index (χ1) is 14.0. The molecule has 3 N–H and O–H groups in total. The molecule has 0 heterocycles. The Balaban J connectivity index is 1.50. The summed E-state index contributed by atoms with van der Waals surface area (Å²) in [7, 11) is 0. The third-order valence-corrected chi connectivity index (χ3v) is 5.39. The molecule has 148 valence electrons. The van der Waals surface area contributed by atoms with Crippen LogP contribution in [0.4, 0.5) is 20.6 Å². The van der Waals surface area contributed by atoms with E-state index in [2.05, 4.69) is 10.6 Å². The second-order valence-corrected chi connectivity index (χ2v) is 7.54. The Morgan fingerprint density at radius 1 is 1.03 bits per heavy atom. The smallest absolute Gasteiger partial charge is 0.323 e. The van der Waals surface area contributed by atoms with Gasteiger partial charge in [-0.3, -0.25) is 0 Å². The van der Waals surface area contributed by atoms with Crippen LogP contribution in [0.25, 0.3) is 11.1 Å². The van der Waals surface area contributed by atoms with Crippen LogP contribution in [0, 0.1) is 5.82 Å². The van der Waals surface area contributed by atoms with Crippen LogP contribution in [-0.4, -0.2) is 17.2 Å². The number of rotatable bonds is 3. The molecular weight excluding hydrogens is 391 g/mol. The molecule has 6 heteroatoms. The minimum absolute atomic E-state index is 0.0683. The van der Waals surface area contributed by atoms with Gasteiger partial charge in [0, 0.05) is 17.8 Å². The topological polar surface area (TPSA) is 61.4 Å². The van der Waals surface area contributed by atoms with E-state index in [-0.39, 0.29) is 17.2 Å². The van der Waals surface area contributed by atoms with E-state index in [1.165, 1.54) is 12.1 Å². The van der Waals surface area contributed by atoms with E-state index in [0.717, 1.165) is 29.5 Å². The van der Waals surface area contributed by atoms with E-state index < -0.39 is 5.82 Å². The maximum Gasteiger partial charge on any atom is 0.323 e. The van der Waals surface area contributed by atoms with Gasteiger partial charge in [-0.15, -0.1) is 0 Å². The molecule has 0 spiro atoms. The minimum atomic E-state index is -0.490. The number of aliphatic hydroxyl groups excluding tert-OH is 1. The van der Waals surface area contributed by atoms with Crippen molar-refractivity contribution in [2.45, 2.75) is 25.4 Å². The molecule has 0 fully saturated rings. The van der Waals surface area contributed by atoms with E-state index in [4.69, 9.17) is 11.6 Å². The first-order valence-corrected chi connectivity index (χ1v) is 9.80. The lowest BCUT2D eigenvalue weighted by Crippen LogP contribution is -2.24. The van der Waals surface area contributed by atoms with Gasteiger partial charge in [0.15, 0.2) is 0 Å². The standard InChI is InChI=1S/C23H20ClFN2O2/c24-20-10-8-16(12-21(20)25)15-4-1-5-17(11-15)26-23(29)27-22-6-2-3-14-7-9-18(28)13-19(14)22/h1-6,8,10-12,18,28H,7,9,13H2,(H2,26,27,29). The Morgan fingerprint density at radius 2 is 1.83 bits per heavy atom. The molecule has 3 aromatic carbocycles. The summed E-state index contributed by atoms with van der Waals surface area (Å²) in [5, 5.41) is 15.7. The second-order valence-electron chi connectivity index (χ2n) is 7.13. The van der Waals surface area contributed by atoms with Crippen LogP contribution in [0.1, 0.15) is 17.5 Å². The number of aryl methyl sites for hydroxylation is 1. The largest absolute Gasteiger partial charge is 0.393 e. The first-order valence-electron chi connectivity index (χ1n) is 9.42. The van der Waals surface area contributed by atoms with E-state index in [9.17, 15) is 14.3 Å². The molecule has 0 bridgehead atoms. The minimum Gasteiger partial charge on any atom is -0.393 e. The lowest BCUT2D eigenvalue weighted by molar-refractivity contribution is 0.159. The zero-order valence-corrected chi connectivity index (χ0v) is 16.3. The van der Waals surface area contributed by atoms with Crippen molar-refractivity contribution in [1.82, 2.24) is 0 Å².